The van der Waals surface area contributed by atoms with E-state index < -0.39 is 0 Å². The van der Waals surface area contributed by atoms with Gasteiger partial charge in [0.05, 0.1) is 6.10 Å². The summed E-state index contributed by atoms with van der Waals surface area (Å²) in [5.74, 6) is 0. The van der Waals surface area contributed by atoms with Crippen molar-refractivity contribution in [3.05, 3.63) is 11.6 Å². The highest BCUT2D eigenvalue weighted by molar-refractivity contribution is 5.08. The summed E-state index contributed by atoms with van der Waals surface area (Å²) in [6.45, 7) is 10.2. The third-order valence-corrected chi connectivity index (χ3v) is 1.67. The fourth-order valence-electron chi connectivity index (χ4n) is 0.612. The second kappa shape index (κ2) is 3.20. The van der Waals surface area contributed by atoms with Crippen LogP contribution in [0.3, 0.4) is 0 Å². The maximum atomic E-state index is 9.01. The molecule has 1 unspecified atom stereocenters. The molecule has 0 aliphatic carbocycles. The Morgan fingerprint density at radius 2 is 1.80 bits per heavy atom. The molecule has 0 heterocycles. The van der Waals surface area contributed by atoms with Crippen LogP contribution in [0.2, 0.25) is 0 Å². The quantitative estimate of drug-likeness (QED) is 0.557. The van der Waals surface area contributed by atoms with Crippen LogP contribution in [0, 0.1) is 5.41 Å². The van der Waals surface area contributed by atoms with E-state index in [-0.39, 0.29) is 11.5 Å². The second-order valence-electron chi connectivity index (χ2n) is 3.84. The van der Waals surface area contributed by atoms with Crippen LogP contribution >= 0.6 is 0 Å². The molecule has 0 spiro atoms. The third kappa shape index (κ3) is 3.67. The fraction of sp³-hybridized carbons (Fsp3) is 0.778. The monoisotopic (exact) mass is 142 g/mol. The maximum Gasteiger partial charge on any atom is 0.0695 e. The summed E-state index contributed by atoms with van der Waals surface area (Å²) in [6.07, 6.45) is 1.57. The van der Waals surface area contributed by atoms with Gasteiger partial charge in [-0.3, -0.25) is 0 Å². The summed E-state index contributed by atoms with van der Waals surface area (Å²) in [5, 5.41) is 9.01. The van der Waals surface area contributed by atoms with Gasteiger partial charge in [-0.25, -0.2) is 0 Å². The van der Waals surface area contributed by atoms with Crippen LogP contribution < -0.4 is 0 Å². The molecule has 0 rings (SSSR count). The fourth-order valence-corrected chi connectivity index (χ4v) is 0.612. The van der Waals surface area contributed by atoms with Gasteiger partial charge < -0.3 is 5.11 Å². The lowest BCUT2D eigenvalue weighted by Crippen LogP contribution is -2.09. The molecule has 1 atom stereocenters. The van der Waals surface area contributed by atoms with Crippen molar-refractivity contribution in [1.29, 1.82) is 0 Å². The molecule has 60 valence electrons. The van der Waals surface area contributed by atoms with Gasteiger partial charge in [0.2, 0.25) is 0 Å². The van der Waals surface area contributed by atoms with Gasteiger partial charge in [0.25, 0.3) is 0 Å². The first-order chi connectivity index (χ1) is 4.34. The van der Waals surface area contributed by atoms with Crippen LogP contribution in [-0.2, 0) is 0 Å². The van der Waals surface area contributed by atoms with E-state index in [9.17, 15) is 0 Å². The molecule has 1 nitrogen and oxygen atoms in total. The van der Waals surface area contributed by atoms with Crippen molar-refractivity contribution in [2.45, 2.75) is 40.7 Å². The van der Waals surface area contributed by atoms with Crippen molar-refractivity contribution in [3.63, 3.8) is 0 Å². The first-order valence-electron chi connectivity index (χ1n) is 3.71. The van der Waals surface area contributed by atoms with Crippen molar-refractivity contribution in [2.24, 2.45) is 5.41 Å². The molecule has 0 bridgehead atoms. The van der Waals surface area contributed by atoms with Gasteiger partial charge in [0.15, 0.2) is 0 Å². The lowest BCUT2D eigenvalue weighted by Gasteiger charge is -2.19. The minimum Gasteiger partial charge on any atom is -0.389 e. The molecular formula is C9H18O. The van der Waals surface area contributed by atoms with E-state index in [4.69, 9.17) is 5.11 Å². The van der Waals surface area contributed by atoms with Crippen LogP contribution in [0.5, 0.6) is 0 Å². The predicted molar refractivity (Wildman–Crippen MR) is 44.9 cm³/mol. The summed E-state index contributed by atoms with van der Waals surface area (Å²) >= 11 is 0. The van der Waals surface area contributed by atoms with E-state index in [1.54, 1.807) is 6.92 Å². The average Bonchev–Trinajstić information content (AvgIpc) is 1.60. The number of hydrogen-bond donors (Lipinski definition) is 1. The Labute approximate surface area is 63.8 Å². The number of hydrogen-bond acceptors (Lipinski definition) is 1. The number of allylic oxidation sites excluding steroid dienone is 1. The number of rotatable bonds is 1. The molecule has 0 aromatic rings. The van der Waals surface area contributed by atoms with Crippen LogP contribution in [-0.4, -0.2) is 11.2 Å². The summed E-state index contributed by atoms with van der Waals surface area (Å²) in [7, 11) is 0. The Morgan fingerprint density at radius 3 is 1.90 bits per heavy atom. The summed E-state index contributed by atoms with van der Waals surface area (Å²) < 4.78 is 0. The molecule has 0 saturated heterocycles. The molecule has 10 heavy (non-hydrogen) atoms. The molecular weight excluding hydrogens is 124 g/mol. The normalized spacial score (nSPS) is 17.2. The van der Waals surface area contributed by atoms with Crippen molar-refractivity contribution < 1.29 is 5.11 Å². The Bertz CT molecular complexity index is 126. The van der Waals surface area contributed by atoms with Gasteiger partial charge in [-0.05, 0) is 19.3 Å². The molecule has 0 amide bonds. The molecule has 0 saturated carbocycles. The third-order valence-electron chi connectivity index (χ3n) is 1.67. The lowest BCUT2D eigenvalue weighted by atomic mass is 9.87. The molecule has 0 aromatic carbocycles. The van der Waals surface area contributed by atoms with Crippen molar-refractivity contribution in [1.82, 2.24) is 0 Å². The van der Waals surface area contributed by atoms with E-state index in [0.29, 0.717) is 0 Å². The topological polar surface area (TPSA) is 20.2 Å². The Balaban J connectivity index is 4.20. The second-order valence-corrected chi connectivity index (χ2v) is 3.84. The largest absolute Gasteiger partial charge is 0.389 e. The highest BCUT2D eigenvalue weighted by atomic mass is 16.3. The maximum absolute atomic E-state index is 9.01. The van der Waals surface area contributed by atoms with Gasteiger partial charge in [-0.1, -0.05) is 32.4 Å². The zero-order valence-electron chi connectivity index (χ0n) is 7.60. The highest BCUT2D eigenvalue weighted by Gasteiger charge is 2.12. The first-order valence-corrected chi connectivity index (χ1v) is 3.71. The van der Waals surface area contributed by atoms with E-state index in [2.05, 4.69) is 20.8 Å². The molecule has 0 aromatic heterocycles. The van der Waals surface area contributed by atoms with Gasteiger partial charge in [0.1, 0.15) is 0 Å². The van der Waals surface area contributed by atoms with Gasteiger partial charge >= 0.3 is 0 Å². The van der Waals surface area contributed by atoms with Crippen LogP contribution in [0.4, 0.5) is 0 Å². The smallest absolute Gasteiger partial charge is 0.0695 e. The zero-order chi connectivity index (χ0) is 8.36. The Kier molecular flexibility index (Phi) is 3.10. The van der Waals surface area contributed by atoms with Crippen LogP contribution in [0.1, 0.15) is 34.6 Å². The van der Waals surface area contributed by atoms with E-state index in [1.165, 1.54) is 5.57 Å². The van der Waals surface area contributed by atoms with Gasteiger partial charge in [0, 0.05) is 0 Å². The minimum absolute atomic E-state index is 0.191. The molecule has 1 heteroatoms. The van der Waals surface area contributed by atoms with Gasteiger partial charge in [-0.15, -0.1) is 0 Å². The number of aliphatic hydroxyl groups is 1. The van der Waals surface area contributed by atoms with E-state index >= 15 is 0 Å². The van der Waals surface area contributed by atoms with Crippen molar-refractivity contribution >= 4 is 0 Å². The predicted octanol–water partition coefficient (Wildman–Crippen LogP) is 2.36. The first kappa shape index (κ1) is 9.70. The molecule has 0 fully saturated rings. The molecule has 0 aliphatic rings. The standard InChI is InChI=1S/C9H18O/c1-7(6-8(2)10)9(3,4)5/h6,8,10H,1-5H3/b7-6-. The lowest BCUT2D eigenvalue weighted by molar-refractivity contribution is 0.241. The Morgan fingerprint density at radius 1 is 1.40 bits per heavy atom. The van der Waals surface area contributed by atoms with E-state index in [1.807, 2.05) is 13.0 Å². The SMILES string of the molecule is C/C(=C/C(C)O)C(C)(C)C. The van der Waals surface area contributed by atoms with Crippen molar-refractivity contribution in [3.8, 4) is 0 Å². The minimum atomic E-state index is -0.320. The molecule has 0 aliphatic heterocycles. The molecule has 0 radical (unpaired) electrons. The highest BCUT2D eigenvalue weighted by Crippen LogP contribution is 2.24. The summed E-state index contributed by atoms with van der Waals surface area (Å²) in [6, 6.07) is 0. The van der Waals surface area contributed by atoms with E-state index in [0.717, 1.165) is 0 Å². The summed E-state index contributed by atoms with van der Waals surface area (Å²) in [4.78, 5) is 0. The zero-order valence-corrected chi connectivity index (χ0v) is 7.60. The van der Waals surface area contributed by atoms with Crippen molar-refractivity contribution in [2.75, 3.05) is 0 Å². The molecule has 1 N–H and O–H groups in total. The summed E-state index contributed by atoms with van der Waals surface area (Å²) in [5.41, 5.74) is 1.43. The Hall–Kier alpha value is -0.300. The van der Waals surface area contributed by atoms with Crippen LogP contribution in [0.25, 0.3) is 0 Å². The van der Waals surface area contributed by atoms with Crippen LogP contribution in [0.15, 0.2) is 11.6 Å². The number of aliphatic hydroxyl groups excluding tert-OH is 1. The average molecular weight is 142 g/mol. The van der Waals surface area contributed by atoms with Gasteiger partial charge in [-0.2, -0.15) is 0 Å².